The van der Waals surface area contributed by atoms with Crippen molar-refractivity contribution < 1.29 is 13.0 Å². The summed E-state index contributed by atoms with van der Waals surface area (Å²) in [5, 5.41) is -0.991. The number of nitrogens with zero attached hydrogens (tertiary/aromatic N) is 1. The molecule has 1 unspecified atom stereocenters. The van der Waals surface area contributed by atoms with E-state index in [-0.39, 0.29) is 0 Å². The number of rotatable bonds is 3. The molecule has 4 nitrogen and oxygen atoms in total. The van der Waals surface area contributed by atoms with Gasteiger partial charge in [-0.25, -0.2) is 0 Å². The summed E-state index contributed by atoms with van der Waals surface area (Å²) in [6, 6.07) is 13.6. The predicted octanol–water partition coefficient (Wildman–Crippen LogP) is 4.22. The molecule has 0 aliphatic carbocycles. The first-order valence-electron chi connectivity index (χ1n) is 7.05. The summed E-state index contributed by atoms with van der Waals surface area (Å²) in [5.74, 6) is 0. The maximum absolute atomic E-state index is 11.9. The van der Waals surface area contributed by atoms with Crippen LogP contribution < -0.4 is 4.90 Å². The third-order valence-electron chi connectivity index (χ3n) is 3.77. The summed E-state index contributed by atoms with van der Waals surface area (Å²) in [6.45, 7) is 3.72. The minimum absolute atomic E-state index is 0.297. The normalized spacial score (nSPS) is 15.1. The van der Waals surface area contributed by atoms with Crippen LogP contribution in [0.15, 0.2) is 52.3 Å². The van der Waals surface area contributed by atoms with E-state index in [9.17, 15) is 13.0 Å². The fourth-order valence-corrected chi connectivity index (χ4v) is 4.89. The van der Waals surface area contributed by atoms with Crippen LogP contribution >= 0.6 is 11.8 Å². The Morgan fingerprint density at radius 3 is 2.50 bits per heavy atom. The smallest absolute Gasteiger partial charge is 0.286 e. The Labute approximate surface area is 134 Å². The quantitative estimate of drug-likeness (QED) is 0.851. The van der Waals surface area contributed by atoms with Crippen LogP contribution in [-0.2, 0) is 10.1 Å². The Kier molecular flexibility index (Phi) is 3.92. The molecule has 0 bridgehead atoms. The Bertz CT molecular complexity index is 818. The van der Waals surface area contributed by atoms with Crippen LogP contribution in [0.5, 0.6) is 0 Å². The highest BCUT2D eigenvalue weighted by atomic mass is 32.2. The third kappa shape index (κ3) is 2.51. The predicted molar refractivity (Wildman–Crippen MR) is 89.5 cm³/mol. The van der Waals surface area contributed by atoms with Crippen LogP contribution in [-0.4, -0.2) is 18.3 Å². The molecule has 0 spiro atoms. The second kappa shape index (κ2) is 5.61. The van der Waals surface area contributed by atoms with Gasteiger partial charge in [-0.15, -0.1) is 0 Å². The summed E-state index contributed by atoms with van der Waals surface area (Å²) in [4.78, 5) is 3.75. The van der Waals surface area contributed by atoms with Gasteiger partial charge in [0.05, 0.1) is 11.4 Å². The lowest BCUT2D eigenvalue weighted by Gasteiger charge is -2.37. The van der Waals surface area contributed by atoms with Gasteiger partial charge in [-0.3, -0.25) is 4.55 Å². The van der Waals surface area contributed by atoms with Gasteiger partial charge in [-0.1, -0.05) is 43.0 Å². The molecule has 1 atom stereocenters. The molecule has 0 radical (unpaired) electrons. The largest absolute Gasteiger partial charge is 0.319 e. The lowest BCUT2D eigenvalue weighted by atomic mass is 10.1. The van der Waals surface area contributed by atoms with E-state index in [2.05, 4.69) is 0 Å². The maximum Gasteiger partial charge on any atom is 0.286 e. The highest BCUT2D eigenvalue weighted by Crippen LogP contribution is 2.50. The molecule has 1 N–H and O–H groups in total. The minimum atomic E-state index is -4.20. The molecule has 1 aliphatic rings. The van der Waals surface area contributed by atoms with Crippen LogP contribution in [0.4, 0.5) is 11.4 Å². The Balaban J connectivity index is 2.29. The molecule has 2 aromatic rings. The van der Waals surface area contributed by atoms with E-state index >= 15 is 0 Å². The lowest BCUT2D eigenvalue weighted by Crippen LogP contribution is -2.39. The van der Waals surface area contributed by atoms with E-state index in [1.54, 1.807) is 23.6 Å². The molecule has 0 fully saturated rings. The molecular weight excluding hydrogens is 318 g/mol. The summed E-state index contributed by atoms with van der Waals surface area (Å²) in [7, 11) is -4.20. The van der Waals surface area contributed by atoms with Crippen LogP contribution in [0.25, 0.3) is 0 Å². The molecule has 0 amide bonds. The summed E-state index contributed by atoms with van der Waals surface area (Å²) in [6.07, 6.45) is 0.297. The second-order valence-corrected chi connectivity index (χ2v) is 7.90. The van der Waals surface area contributed by atoms with Gasteiger partial charge in [0.25, 0.3) is 10.1 Å². The number of aryl methyl sites for hydroxylation is 1. The molecule has 116 valence electrons. The molecule has 0 saturated carbocycles. The van der Waals surface area contributed by atoms with Crippen molar-refractivity contribution in [3.8, 4) is 0 Å². The highest BCUT2D eigenvalue weighted by Gasteiger charge is 2.35. The van der Waals surface area contributed by atoms with Gasteiger partial charge in [0.15, 0.2) is 5.37 Å². The van der Waals surface area contributed by atoms with Crippen molar-refractivity contribution in [2.75, 3.05) is 4.90 Å². The average Bonchev–Trinajstić information content (AvgIpc) is 2.46. The summed E-state index contributed by atoms with van der Waals surface area (Å²) >= 11 is 1.62. The maximum atomic E-state index is 11.9. The lowest BCUT2D eigenvalue weighted by molar-refractivity contribution is 0.464. The zero-order chi connectivity index (χ0) is 15.9. The molecule has 2 aromatic carbocycles. The SMILES string of the molecule is CCC(N1c2ccccc2Sc2cccc(C)c21)S(=O)(=O)O. The molecule has 6 heteroatoms. The van der Waals surface area contributed by atoms with Crippen LogP contribution in [0.3, 0.4) is 0 Å². The topological polar surface area (TPSA) is 57.6 Å². The van der Waals surface area contributed by atoms with Gasteiger partial charge in [0.1, 0.15) is 0 Å². The van der Waals surface area contributed by atoms with Crippen molar-refractivity contribution in [1.29, 1.82) is 0 Å². The second-order valence-electron chi connectivity index (χ2n) is 5.24. The zero-order valence-corrected chi connectivity index (χ0v) is 14.0. The number of fused-ring (bicyclic) bond motifs is 2. The molecule has 0 saturated heterocycles. The van der Waals surface area contributed by atoms with Gasteiger partial charge in [-0.2, -0.15) is 8.42 Å². The van der Waals surface area contributed by atoms with Gasteiger partial charge in [-0.05, 0) is 37.1 Å². The van der Waals surface area contributed by atoms with Gasteiger partial charge in [0, 0.05) is 9.79 Å². The van der Waals surface area contributed by atoms with E-state index < -0.39 is 15.5 Å². The van der Waals surface area contributed by atoms with Crippen LogP contribution in [0.1, 0.15) is 18.9 Å². The van der Waals surface area contributed by atoms with Crippen LogP contribution in [0, 0.1) is 6.92 Å². The molecule has 1 heterocycles. The summed E-state index contributed by atoms with van der Waals surface area (Å²) < 4.78 is 33.5. The number of para-hydroxylation sites is 2. The van der Waals surface area contributed by atoms with E-state index in [0.29, 0.717) is 6.42 Å². The molecular formula is C16H17NO3S2. The first-order chi connectivity index (χ1) is 10.4. The monoisotopic (exact) mass is 335 g/mol. The zero-order valence-electron chi connectivity index (χ0n) is 12.4. The van der Waals surface area contributed by atoms with Crippen molar-refractivity contribution in [3.05, 3.63) is 48.0 Å². The number of hydrogen-bond donors (Lipinski definition) is 1. The van der Waals surface area contributed by atoms with E-state index in [0.717, 1.165) is 26.7 Å². The average molecular weight is 335 g/mol. The van der Waals surface area contributed by atoms with Crippen molar-refractivity contribution >= 4 is 33.3 Å². The van der Waals surface area contributed by atoms with Gasteiger partial charge in [0.2, 0.25) is 0 Å². The fourth-order valence-electron chi connectivity index (χ4n) is 2.83. The van der Waals surface area contributed by atoms with Crippen molar-refractivity contribution in [2.45, 2.75) is 35.4 Å². The van der Waals surface area contributed by atoms with Gasteiger partial charge >= 0.3 is 0 Å². The van der Waals surface area contributed by atoms with Crippen LogP contribution in [0.2, 0.25) is 0 Å². The van der Waals surface area contributed by atoms with Gasteiger partial charge < -0.3 is 4.90 Å². The summed E-state index contributed by atoms with van der Waals surface area (Å²) in [5.41, 5.74) is 2.66. The van der Waals surface area contributed by atoms with Crippen molar-refractivity contribution in [1.82, 2.24) is 0 Å². The molecule has 0 aromatic heterocycles. The molecule has 3 rings (SSSR count). The first kappa shape index (κ1) is 15.4. The minimum Gasteiger partial charge on any atom is -0.319 e. The standard InChI is InChI=1S/C16H17NO3S2/c1-3-15(22(18,19)20)17-12-8-4-5-9-13(12)21-14-10-6-7-11(2)16(14)17/h4-10,15H,3H2,1-2H3,(H,18,19,20). The fraction of sp³-hybridized carbons (Fsp3) is 0.250. The number of anilines is 2. The van der Waals surface area contributed by atoms with E-state index in [1.807, 2.05) is 49.4 Å². The number of hydrogen-bond acceptors (Lipinski definition) is 4. The van der Waals surface area contributed by atoms with Crippen molar-refractivity contribution in [3.63, 3.8) is 0 Å². The van der Waals surface area contributed by atoms with E-state index in [4.69, 9.17) is 0 Å². The van der Waals surface area contributed by atoms with E-state index in [1.165, 1.54) is 0 Å². The molecule has 22 heavy (non-hydrogen) atoms. The molecule has 1 aliphatic heterocycles. The Morgan fingerprint density at radius 1 is 1.14 bits per heavy atom. The van der Waals surface area contributed by atoms with Crippen molar-refractivity contribution in [2.24, 2.45) is 0 Å². The highest BCUT2D eigenvalue weighted by molar-refractivity contribution is 7.99. The Morgan fingerprint density at radius 2 is 1.82 bits per heavy atom. The number of benzene rings is 2. The third-order valence-corrected chi connectivity index (χ3v) is 6.11. The first-order valence-corrected chi connectivity index (χ1v) is 9.37. The Hall–Kier alpha value is -1.50.